The van der Waals surface area contributed by atoms with Crippen LogP contribution in [0.25, 0.3) is 0 Å². The average molecular weight is 428 g/mol. The van der Waals surface area contributed by atoms with Gasteiger partial charge in [0.1, 0.15) is 0 Å². The first-order chi connectivity index (χ1) is 14.9. The predicted molar refractivity (Wildman–Crippen MR) is 120 cm³/mol. The third-order valence-electron chi connectivity index (χ3n) is 6.24. The van der Waals surface area contributed by atoms with E-state index >= 15 is 0 Å². The Kier molecular flexibility index (Phi) is 6.22. The van der Waals surface area contributed by atoms with Crippen LogP contribution in [0.5, 0.6) is 0 Å². The van der Waals surface area contributed by atoms with Crippen molar-refractivity contribution in [2.24, 2.45) is 11.7 Å². The quantitative estimate of drug-likeness (QED) is 0.651. The van der Waals surface area contributed by atoms with Crippen LogP contribution in [0.15, 0.2) is 24.4 Å². The molecule has 1 amide bonds. The number of aryl methyl sites for hydroxylation is 1. The Bertz CT molecular complexity index is 945. The Balaban J connectivity index is 1.46. The summed E-state index contributed by atoms with van der Waals surface area (Å²) >= 11 is 0. The van der Waals surface area contributed by atoms with Crippen LogP contribution < -0.4 is 21.3 Å². The van der Waals surface area contributed by atoms with Crippen LogP contribution in [-0.4, -0.2) is 60.0 Å². The number of anilines is 4. The zero-order valence-corrected chi connectivity index (χ0v) is 18.1. The van der Waals surface area contributed by atoms with Crippen LogP contribution in [0.1, 0.15) is 24.8 Å². The minimum absolute atomic E-state index is 0.0847. The monoisotopic (exact) mass is 427 g/mol. The van der Waals surface area contributed by atoms with Crippen molar-refractivity contribution in [3.63, 3.8) is 0 Å². The molecular weight excluding hydrogens is 397 g/mol. The molecule has 1 aromatic carbocycles. The van der Waals surface area contributed by atoms with Gasteiger partial charge in [-0.2, -0.15) is 4.98 Å². The summed E-state index contributed by atoms with van der Waals surface area (Å²) in [5, 5.41) is 6.22. The Morgan fingerprint density at radius 2 is 2.00 bits per heavy atom. The number of aromatic nitrogens is 2. The van der Waals surface area contributed by atoms with E-state index in [-0.39, 0.29) is 23.7 Å². The predicted octanol–water partition coefficient (Wildman–Crippen LogP) is 2.49. The van der Waals surface area contributed by atoms with Crippen molar-refractivity contribution in [1.29, 1.82) is 0 Å². The maximum Gasteiger partial charge on any atom is 0.229 e. The van der Waals surface area contributed by atoms with Gasteiger partial charge >= 0.3 is 0 Å². The molecule has 1 saturated carbocycles. The highest BCUT2D eigenvalue weighted by molar-refractivity contribution is 5.78. The highest BCUT2D eigenvalue weighted by Gasteiger charge is 2.32. The molecule has 0 spiro atoms. The highest BCUT2D eigenvalue weighted by atomic mass is 19.1. The number of halogens is 1. The van der Waals surface area contributed by atoms with Crippen molar-refractivity contribution < 1.29 is 9.18 Å². The van der Waals surface area contributed by atoms with Gasteiger partial charge in [0.2, 0.25) is 11.9 Å². The first-order valence-corrected chi connectivity index (χ1v) is 10.8. The molecule has 1 unspecified atom stereocenters. The van der Waals surface area contributed by atoms with Crippen molar-refractivity contribution in [1.82, 2.24) is 14.9 Å². The molecule has 2 fully saturated rings. The summed E-state index contributed by atoms with van der Waals surface area (Å²) in [4.78, 5) is 24.7. The normalized spacial score (nSPS) is 21.8. The fourth-order valence-corrected chi connectivity index (χ4v) is 4.44. The molecule has 8 nitrogen and oxygen atoms in total. The van der Waals surface area contributed by atoms with Gasteiger partial charge in [0.05, 0.1) is 12.1 Å². The summed E-state index contributed by atoms with van der Waals surface area (Å²) < 4.78 is 14.3. The molecule has 0 radical (unpaired) electrons. The number of primary amides is 1. The Morgan fingerprint density at radius 3 is 2.71 bits per heavy atom. The molecule has 1 aliphatic heterocycles. The number of benzene rings is 1. The molecule has 2 heterocycles. The van der Waals surface area contributed by atoms with E-state index in [9.17, 15) is 9.18 Å². The second-order valence-electron chi connectivity index (χ2n) is 8.50. The lowest BCUT2D eigenvalue weighted by Crippen LogP contribution is -2.44. The molecule has 4 N–H and O–H groups in total. The van der Waals surface area contributed by atoms with Gasteiger partial charge in [-0.3, -0.25) is 4.79 Å². The maximum absolute atomic E-state index is 14.3. The number of carbonyl (C=O) groups is 1. The molecule has 2 aromatic rings. The van der Waals surface area contributed by atoms with Crippen molar-refractivity contribution in [3.8, 4) is 0 Å². The molecule has 0 bridgehead atoms. The van der Waals surface area contributed by atoms with Crippen LogP contribution in [0, 0.1) is 18.7 Å². The number of carbonyl (C=O) groups excluding carboxylic acids is 1. The molecule has 1 aromatic heterocycles. The molecule has 31 heavy (non-hydrogen) atoms. The average Bonchev–Trinajstić information content (AvgIpc) is 3.20. The van der Waals surface area contributed by atoms with E-state index in [1.54, 1.807) is 0 Å². The number of likely N-dealkylation sites (N-methyl/N-ethyl adjacent to an activating group) is 1. The van der Waals surface area contributed by atoms with Gasteiger partial charge < -0.3 is 26.2 Å². The Hall–Kier alpha value is -2.94. The summed E-state index contributed by atoms with van der Waals surface area (Å²) in [7, 11) is 2.14. The second kappa shape index (κ2) is 9.05. The zero-order chi connectivity index (χ0) is 22.0. The van der Waals surface area contributed by atoms with E-state index < -0.39 is 5.82 Å². The van der Waals surface area contributed by atoms with Crippen LogP contribution in [0.4, 0.5) is 27.5 Å². The summed E-state index contributed by atoms with van der Waals surface area (Å²) in [6, 6.07) is 5.93. The first kappa shape index (κ1) is 21.3. The third kappa shape index (κ3) is 4.87. The summed E-state index contributed by atoms with van der Waals surface area (Å²) in [6.07, 6.45) is 3.48. The number of piperazine rings is 1. The smallest absolute Gasteiger partial charge is 0.229 e. The van der Waals surface area contributed by atoms with Crippen LogP contribution in [0.2, 0.25) is 0 Å². The molecule has 2 aliphatic rings. The fraction of sp³-hybridized carbons (Fsp3) is 0.500. The lowest BCUT2D eigenvalue weighted by Gasteiger charge is -2.35. The SMILES string of the molecule is Cc1cc(Nc2ncc(F)c(N[C@@H]3CCCC3C(N)=O)n2)ccc1N1CCN(C)CC1. The van der Waals surface area contributed by atoms with Crippen LogP contribution in [0.3, 0.4) is 0 Å². The van der Waals surface area contributed by atoms with Gasteiger partial charge in [-0.1, -0.05) is 6.42 Å². The molecule has 4 rings (SSSR count). The molecule has 1 aliphatic carbocycles. The van der Waals surface area contributed by atoms with Crippen molar-refractivity contribution in [2.75, 3.05) is 48.8 Å². The molecular formula is C22H30FN7O. The minimum Gasteiger partial charge on any atom is -0.369 e. The van der Waals surface area contributed by atoms with Gasteiger partial charge in [-0.25, -0.2) is 9.37 Å². The molecule has 1 saturated heterocycles. The van der Waals surface area contributed by atoms with Gasteiger partial charge in [-0.15, -0.1) is 0 Å². The second-order valence-corrected chi connectivity index (χ2v) is 8.50. The minimum atomic E-state index is -0.553. The number of hydrogen-bond acceptors (Lipinski definition) is 7. The number of rotatable bonds is 6. The van der Waals surface area contributed by atoms with Crippen LogP contribution >= 0.6 is 0 Å². The standard InChI is InChI=1S/C22H30FN7O/c1-14-12-15(6-7-19(14)30-10-8-29(2)9-11-30)26-22-25-13-17(23)21(28-22)27-18-5-3-4-16(18)20(24)31/h6-7,12-13,16,18H,3-5,8-11H2,1-2H3,(H2,24,31)(H2,25,26,27,28)/t16?,18-/m1/s1. The topological polar surface area (TPSA) is 99.4 Å². The van der Waals surface area contributed by atoms with E-state index in [1.165, 1.54) is 5.69 Å². The molecule has 2 atom stereocenters. The Labute approximate surface area is 182 Å². The summed E-state index contributed by atoms with van der Waals surface area (Å²) in [6.45, 7) is 6.20. The van der Waals surface area contributed by atoms with E-state index in [0.29, 0.717) is 12.4 Å². The highest BCUT2D eigenvalue weighted by Crippen LogP contribution is 2.30. The van der Waals surface area contributed by atoms with Gasteiger partial charge in [0.15, 0.2) is 11.6 Å². The van der Waals surface area contributed by atoms with Gasteiger partial charge in [0.25, 0.3) is 0 Å². The van der Waals surface area contributed by atoms with Crippen molar-refractivity contribution in [3.05, 3.63) is 35.8 Å². The van der Waals surface area contributed by atoms with Crippen LogP contribution in [-0.2, 0) is 4.79 Å². The maximum atomic E-state index is 14.3. The lowest BCUT2D eigenvalue weighted by atomic mass is 10.0. The number of nitrogens with two attached hydrogens (primary N) is 1. The number of amides is 1. The van der Waals surface area contributed by atoms with Crippen molar-refractivity contribution >= 4 is 29.0 Å². The van der Waals surface area contributed by atoms with E-state index in [4.69, 9.17) is 5.73 Å². The first-order valence-electron chi connectivity index (χ1n) is 10.8. The molecule has 9 heteroatoms. The summed E-state index contributed by atoms with van der Waals surface area (Å²) in [5.41, 5.74) is 8.69. The number of nitrogens with zero attached hydrogens (tertiary/aromatic N) is 4. The fourth-order valence-electron chi connectivity index (χ4n) is 4.44. The summed E-state index contributed by atoms with van der Waals surface area (Å²) in [5.74, 6) is -0.845. The van der Waals surface area contributed by atoms with E-state index in [0.717, 1.165) is 56.5 Å². The zero-order valence-electron chi connectivity index (χ0n) is 18.1. The van der Waals surface area contributed by atoms with Gasteiger partial charge in [0, 0.05) is 43.6 Å². The van der Waals surface area contributed by atoms with Gasteiger partial charge in [-0.05, 0) is 50.6 Å². The Morgan fingerprint density at radius 1 is 1.23 bits per heavy atom. The lowest BCUT2D eigenvalue weighted by molar-refractivity contribution is -0.121. The number of hydrogen-bond donors (Lipinski definition) is 3. The van der Waals surface area contributed by atoms with E-state index in [1.807, 2.05) is 12.1 Å². The molecule has 166 valence electrons. The third-order valence-corrected chi connectivity index (χ3v) is 6.24. The largest absolute Gasteiger partial charge is 0.369 e. The van der Waals surface area contributed by atoms with E-state index in [2.05, 4.69) is 50.4 Å². The number of nitrogens with one attached hydrogen (secondary N) is 2. The van der Waals surface area contributed by atoms with Crippen molar-refractivity contribution in [2.45, 2.75) is 32.2 Å².